The number of hydrogen-bond acceptors (Lipinski definition) is 7. The van der Waals surface area contributed by atoms with Crippen molar-refractivity contribution in [2.24, 2.45) is 17.8 Å². The molecular formula is C38H43ClFN3O5S. The van der Waals surface area contributed by atoms with Crippen molar-refractivity contribution < 1.29 is 27.1 Å². The lowest BCUT2D eigenvalue weighted by molar-refractivity contribution is -0.0827. The molecule has 2 aliphatic heterocycles. The van der Waals surface area contributed by atoms with E-state index in [1.807, 2.05) is 25.1 Å². The number of anilines is 1. The Kier molecular flexibility index (Phi) is 9.03. The number of nitrogens with zero attached hydrogens (tertiary/aromatic N) is 2. The molecule has 0 saturated heterocycles. The number of aryl methyl sites for hydroxylation is 1. The summed E-state index contributed by atoms with van der Waals surface area (Å²) in [6.07, 6.45) is 10.2. The molecule has 1 aromatic heterocycles. The number of fused-ring (bicyclic) bond motifs is 4. The molecule has 7 rings (SSSR count). The van der Waals surface area contributed by atoms with Crippen molar-refractivity contribution in [1.82, 2.24) is 9.71 Å². The van der Waals surface area contributed by atoms with Crippen LogP contribution in [0.15, 0.2) is 66.9 Å². The standard InChI is InChI=1S/C38H43ClFN3O5S/c1-24-7-4-17-38(47-3,32-9-6-18-41-35(32)40)31-13-10-28(31)21-43-22-37(16-5-8-26-19-29(39)12-14-30(26)37)23-48-34-15-11-27(20-33(34)43)36(44)42-49(45,46)25(24)2/h4,6,9,11-12,14-15,17-20,24-25,28,31H,5,7-8,10,13,16,21-23H2,1-3H3,(H,42,44)/b17-4+/t24-,25+,28-,31+,37-,38-/m0/s1. The topological polar surface area (TPSA) is 97.8 Å². The van der Waals surface area contributed by atoms with Gasteiger partial charge in [-0.25, -0.2) is 18.1 Å². The second-order valence-corrected chi connectivity index (χ2v) is 16.8. The van der Waals surface area contributed by atoms with Gasteiger partial charge in [-0.15, -0.1) is 0 Å². The first kappa shape index (κ1) is 34.0. The molecule has 260 valence electrons. The minimum atomic E-state index is -4.03. The molecule has 1 saturated carbocycles. The van der Waals surface area contributed by atoms with Gasteiger partial charge in [0.15, 0.2) is 0 Å². The van der Waals surface area contributed by atoms with Crippen LogP contribution in [0.1, 0.15) is 73.0 Å². The number of allylic oxidation sites excluding steroid dienone is 1. The van der Waals surface area contributed by atoms with Gasteiger partial charge in [0.25, 0.3) is 5.91 Å². The number of halogens is 2. The van der Waals surface area contributed by atoms with Gasteiger partial charge in [-0.1, -0.05) is 36.7 Å². The van der Waals surface area contributed by atoms with Crippen molar-refractivity contribution in [2.45, 2.75) is 68.6 Å². The minimum Gasteiger partial charge on any atom is -0.490 e. The van der Waals surface area contributed by atoms with Crippen LogP contribution >= 0.6 is 11.6 Å². The van der Waals surface area contributed by atoms with Gasteiger partial charge in [-0.3, -0.25) is 4.79 Å². The maximum Gasteiger partial charge on any atom is 0.264 e. The third-order valence-corrected chi connectivity index (χ3v) is 13.8. The number of aromatic nitrogens is 1. The van der Waals surface area contributed by atoms with Crippen molar-refractivity contribution in [3.8, 4) is 5.75 Å². The molecule has 2 aromatic carbocycles. The number of methoxy groups -OCH3 is 1. The van der Waals surface area contributed by atoms with Crippen LogP contribution in [-0.2, 0) is 32.2 Å². The highest BCUT2D eigenvalue weighted by Gasteiger charge is 2.51. The van der Waals surface area contributed by atoms with E-state index >= 15 is 4.39 Å². The van der Waals surface area contributed by atoms with Crippen molar-refractivity contribution in [1.29, 1.82) is 0 Å². The highest BCUT2D eigenvalue weighted by molar-refractivity contribution is 7.90. The van der Waals surface area contributed by atoms with E-state index in [-0.39, 0.29) is 28.7 Å². The van der Waals surface area contributed by atoms with Crippen LogP contribution in [0.3, 0.4) is 0 Å². The van der Waals surface area contributed by atoms with E-state index in [0.717, 1.165) is 37.8 Å². The average Bonchev–Trinajstić information content (AvgIpc) is 3.22. The zero-order valence-electron chi connectivity index (χ0n) is 28.1. The number of ether oxygens (including phenoxy) is 2. The number of carbonyl (C=O) groups excluding carboxylic acids is 1. The summed E-state index contributed by atoms with van der Waals surface area (Å²) in [7, 11) is -2.42. The molecule has 2 bridgehead atoms. The molecule has 1 fully saturated rings. The second kappa shape index (κ2) is 13.0. The highest BCUT2D eigenvalue weighted by Crippen LogP contribution is 2.52. The third kappa shape index (κ3) is 6.03. The first-order valence-electron chi connectivity index (χ1n) is 17.2. The van der Waals surface area contributed by atoms with E-state index in [0.29, 0.717) is 42.5 Å². The Balaban J connectivity index is 1.37. The molecule has 1 N–H and O–H groups in total. The lowest BCUT2D eigenvalue weighted by Crippen LogP contribution is -2.52. The van der Waals surface area contributed by atoms with E-state index in [1.54, 1.807) is 44.4 Å². The predicted octanol–water partition coefficient (Wildman–Crippen LogP) is 6.96. The fourth-order valence-electron chi connectivity index (χ4n) is 8.55. The van der Waals surface area contributed by atoms with Crippen LogP contribution in [0, 0.1) is 23.7 Å². The van der Waals surface area contributed by atoms with Crippen LogP contribution in [-0.4, -0.2) is 51.4 Å². The fraction of sp³-hybridized carbons (Fsp3) is 0.474. The van der Waals surface area contributed by atoms with Crippen LogP contribution in [0.4, 0.5) is 10.1 Å². The van der Waals surface area contributed by atoms with E-state index in [1.165, 1.54) is 17.3 Å². The van der Waals surface area contributed by atoms with Crippen molar-refractivity contribution in [3.63, 3.8) is 0 Å². The zero-order chi connectivity index (χ0) is 34.6. The summed E-state index contributed by atoms with van der Waals surface area (Å²) in [6, 6.07) is 14.7. The smallest absolute Gasteiger partial charge is 0.264 e. The monoisotopic (exact) mass is 707 g/mol. The summed E-state index contributed by atoms with van der Waals surface area (Å²) in [6.45, 7) is 5.10. The quantitative estimate of drug-likeness (QED) is 0.227. The molecule has 0 radical (unpaired) electrons. The van der Waals surface area contributed by atoms with Crippen LogP contribution in [0.2, 0.25) is 5.02 Å². The van der Waals surface area contributed by atoms with E-state index in [9.17, 15) is 13.2 Å². The van der Waals surface area contributed by atoms with Gasteiger partial charge in [0.1, 0.15) is 11.4 Å². The molecule has 8 nitrogen and oxygen atoms in total. The molecule has 0 unspecified atom stereocenters. The summed E-state index contributed by atoms with van der Waals surface area (Å²) in [5, 5.41) is -0.171. The Morgan fingerprint density at radius 2 is 1.96 bits per heavy atom. The normalized spacial score (nSPS) is 31.7. The van der Waals surface area contributed by atoms with Gasteiger partial charge in [-0.05, 0) is 111 Å². The van der Waals surface area contributed by atoms with Gasteiger partial charge in [0.05, 0.1) is 17.5 Å². The summed E-state index contributed by atoms with van der Waals surface area (Å²) >= 11 is 6.45. The Bertz CT molecular complexity index is 1910. The summed E-state index contributed by atoms with van der Waals surface area (Å²) in [5.41, 5.74) is 2.30. The maximum atomic E-state index is 15.6. The molecule has 3 heterocycles. The number of pyridine rings is 1. The molecule has 4 aliphatic rings. The number of amides is 1. The summed E-state index contributed by atoms with van der Waals surface area (Å²) in [5.74, 6) is -0.969. The number of nitrogens with one attached hydrogen (secondary N) is 1. The Hall–Kier alpha value is -3.47. The largest absolute Gasteiger partial charge is 0.490 e. The van der Waals surface area contributed by atoms with Gasteiger partial charge in [0, 0.05) is 53.9 Å². The predicted molar refractivity (Wildman–Crippen MR) is 188 cm³/mol. The summed E-state index contributed by atoms with van der Waals surface area (Å²) in [4.78, 5) is 19.8. The van der Waals surface area contributed by atoms with Gasteiger partial charge in [0.2, 0.25) is 16.0 Å². The molecule has 3 aromatic rings. The van der Waals surface area contributed by atoms with Gasteiger partial charge >= 0.3 is 0 Å². The Morgan fingerprint density at radius 3 is 2.71 bits per heavy atom. The first-order chi connectivity index (χ1) is 23.5. The fourth-order valence-corrected chi connectivity index (χ4v) is 10.0. The maximum absolute atomic E-state index is 15.6. The van der Waals surface area contributed by atoms with Gasteiger partial charge < -0.3 is 14.4 Å². The Labute approximate surface area is 293 Å². The molecule has 11 heteroatoms. The van der Waals surface area contributed by atoms with E-state index < -0.39 is 32.7 Å². The molecule has 1 amide bonds. The second-order valence-electron chi connectivity index (χ2n) is 14.4. The Morgan fingerprint density at radius 1 is 1.12 bits per heavy atom. The number of carbonyl (C=O) groups is 1. The lowest BCUT2D eigenvalue weighted by Gasteiger charge is -2.50. The lowest BCUT2D eigenvalue weighted by atomic mass is 9.62. The number of benzene rings is 2. The molecule has 2 aliphatic carbocycles. The third-order valence-electron chi connectivity index (χ3n) is 11.6. The molecule has 49 heavy (non-hydrogen) atoms. The highest BCUT2D eigenvalue weighted by atomic mass is 35.5. The van der Waals surface area contributed by atoms with Crippen molar-refractivity contribution in [3.05, 3.63) is 100 Å². The first-order valence-corrected chi connectivity index (χ1v) is 19.1. The van der Waals surface area contributed by atoms with Gasteiger partial charge in [-0.2, -0.15) is 4.39 Å². The molecular weight excluding hydrogens is 665 g/mol. The molecule has 6 atom stereocenters. The average molecular weight is 708 g/mol. The van der Waals surface area contributed by atoms with Crippen LogP contribution in [0.5, 0.6) is 5.75 Å². The number of hydrogen-bond donors (Lipinski definition) is 1. The van der Waals surface area contributed by atoms with Crippen LogP contribution < -0.4 is 14.4 Å². The van der Waals surface area contributed by atoms with Crippen molar-refractivity contribution >= 4 is 33.2 Å². The number of sulfonamides is 1. The zero-order valence-corrected chi connectivity index (χ0v) is 29.7. The SMILES string of the molecule is CO[C@@]1(c2cccnc2F)/C=C/C[C@H](C)[C@@H](C)S(=O)(=O)NC(=O)c2ccc3c(c2)N(C[C@@H]2CC[C@H]21)C[C@@]1(CCCc2cc(Cl)ccc21)CO3. The minimum absolute atomic E-state index is 0.0932. The van der Waals surface area contributed by atoms with Crippen molar-refractivity contribution in [2.75, 3.05) is 31.7 Å². The van der Waals surface area contributed by atoms with E-state index in [2.05, 4.69) is 26.7 Å². The number of rotatable bonds is 2. The van der Waals surface area contributed by atoms with E-state index in [4.69, 9.17) is 21.1 Å². The molecule has 1 spiro atoms. The summed E-state index contributed by atoms with van der Waals surface area (Å²) < 4.78 is 57.9. The van der Waals surface area contributed by atoms with Crippen LogP contribution in [0.25, 0.3) is 0 Å².